The number of para-hydroxylation sites is 2. The zero-order valence-corrected chi connectivity index (χ0v) is 30.2. The summed E-state index contributed by atoms with van der Waals surface area (Å²) in [4.78, 5) is 0. The normalized spacial score (nSPS) is 11.8. The van der Waals surface area contributed by atoms with Crippen molar-refractivity contribution < 1.29 is 0 Å². The van der Waals surface area contributed by atoms with Gasteiger partial charge in [0.15, 0.2) is 8.07 Å². The molecule has 0 atom stereocenters. The Balaban J connectivity index is 1.25. The van der Waals surface area contributed by atoms with Crippen molar-refractivity contribution in [1.29, 1.82) is 0 Å². The summed E-state index contributed by atoms with van der Waals surface area (Å²) in [6, 6.07) is 78.0. The predicted octanol–water partition coefficient (Wildman–Crippen LogP) is 9.77. The first-order valence-corrected chi connectivity index (χ1v) is 20.3. The van der Waals surface area contributed by atoms with Crippen LogP contribution in [0.3, 0.4) is 0 Å². The van der Waals surface area contributed by atoms with E-state index in [1.807, 2.05) is 0 Å². The summed E-state index contributed by atoms with van der Waals surface area (Å²) in [5.41, 5.74) is 8.37. The number of aromatic nitrogens is 2. The zero-order chi connectivity index (χ0) is 35.2. The van der Waals surface area contributed by atoms with Crippen molar-refractivity contribution in [1.82, 2.24) is 9.13 Å². The minimum Gasteiger partial charge on any atom is -0.316 e. The standard InChI is InChI=1S/C50H36N2Si/c1-6-18-37(19-7-1)46-36-47-44-28-16-17-29-48(44)52(50(47)45-34-35-51(49(45)46)38-20-8-2-9-21-38)39-30-32-43(33-31-39)53(40-22-10-3-11-23-40,41-24-12-4-13-25-41)42-26-14-5-15-27-42/h1-36H. The van der Waals surface area contributed by atoms with Gasteiger partial charge < -0.3 is 9.13 Å². The Bertz CT molecular complexity index is 2740. The Morgan fingerprint density at radius 3 is 1.42 bits per heavy atom. The fraction of sp³-hybridized carbons (Fsp3) is 0. The van der Waals surface area contributed by atoms with E-state index in [9.17, 15) is 0 Å². The molecule has 8 aromatic carbocycles. The van der Waals surface area contributed by atoms with E-state index in [2.05, 4.69) is 228 Å². The zero-order valence-electron chi connectivity index (χ0n) is 29.2. The molecule has 0 amide bonds. The summed E-state index contributed by atoms with van der Waals surface area (Å²) < 4.78 is 4.83. The molecule has 0 spiro atoms. The molecule has 0 aliphatic heterocycles. The van der Waals surface area contributed by atoms with Gasteiger partial charge in [0.2, 0.25) is 0 Å². The lowest BCUT2D eigenvalue weighted by atomic mass is 9.99. The summed E-state index contributed by atoms with van der Waals surface area (Å²) in [5, 5.41) is 9.21. The van der Waals surface area contributed by atoms with Crippen LogP contribution in [0.15, 0.2) is 219 Å². The quantitative estimate of drug-likeness (QED) is 0.116. The van der Waals surface area contributed by atoms with Gasteiger partial charge in [0.25, 0.3) is 0 Å². The Kier molecular flexibility index (Phi) is 7.52. The predicted molar refractivity (Wildman–Crippen MR) is 227 cm³/mol. The molecule has 10 aromatic rings. The van der Waals surface area contributed by atoms with Crippen molar-refractivity contribution in [2.45, 2.75) is 0 Å². The number of rotatable bonds is 7. The van der Waals surface area contributed by atoms with E-state index in [0.29, 0.717) is 0 Å². The Morgan fingerprint density at radius 2 is 0.830 bits per heavy atom. The molecule has 2 nitrogen and oxygen atoms in total. The maximum atomic E-state index is 2.48. The SMILES string of the molecule is c1ccc(-c2cc3c4ccccc4n(-c4ccc([Si](c5ccccc5)(c5ccccc5)c5ccccc5)cc4)c3c3ccn(-c4ccccc4)c23)cc1. The van der Waals surface area contributed by atoms with Crippen LogP contribution in [0.4, 0.5) is 0 Å². The second-order valence-corrected chi connectivity index (χ2v) is 17.5. The molecular weight excluding hydrogens is 657 g/mol. The van der Waals surface area contributed by atoms with Crippen molar-refractivity contribution >= 4 is 61.5 Å². The maximum Gasteiger partial charge on any atom is 0.179 e. The number of nitrogens with zero attached hydrogens (tertiary/aromatic N) is 2. The monoisotopic (exact) mass is 692 g/mol. The van der Waals surface area contributed by atoms with Crippen LogP contribution in [-0.4, -0.2) is 17.2 Å². The first-order chi connectivity index (χ1) is 26.3. The summed E-state index contributed by atoms with van der Waals surface area (Å²) in [6.45, 7) is 0. The Morgan fingerprint density at radius 1 is 0.340 bits per heavy atom. The third-order valence-corrected chi connectivity index (χ3v) is 15.7. The van der Waals surface area contributed by atoms with Gasteiger partial charge in [-0.3, -0.25) is 0 Å². The molecule has 2 heterocycles. The van der Waals surface area contributed by atoms with E-state index >= 15 is 0 Å². The van der Waals surface area contributed by atoms with E-state index in [4.69, 9.17) is 0 Å². The molecule has 0 bridgehead atoms. The van der Waals surface area contributed by atoms with Gasteiger partial charge >= 0.3 is 0 Å². The second-order valence-electron chi connectivity index (χ2n) is 13.7. The molecule has 0 unspecified atom stereocenters. The molecule has 0 saturated carbocycles. The molecule has 0 radical (unpaired) electrons. The highest BCUT2D eigenvalue weighted by atomic mass is 28.3. The lowest BCUT2D eigenvalue weighted by molar-refractivity contribution is 1.13. The summed E-state index contributed by atoms with van der Waals surface area (Å²) in [5.74, 6) is 0. The molecule has 10 rings (SSSR count). The molecule has 0 saturated heterocycles. The summed E-state index contributed by atoms with van der Waals surface area (Å²) in [6.07, 6.45) is 2.23. The highest BCUT2D eigenvalue weighted by Crippen LogP contribution is 2.42. The number of hydrogen-bond donors (Lipinski definition) is 0. The average molecular weight is 693 g/mol. The minimum absolute atomic E-state index is 1.15. The largest absolute Gasteiger partial charge is 0.316 e. The van der Waals surface area contributed by atoms with Gasteiger partial charge in [-0.25, -0.2) is 0 Å². The van der Waals surface area contributed by atoms with E-state index in [1.165, 1.54) is 64.6 Å². The van der Waals surface area contributed by atoms with Gasteiger partial charge in [-0.2, -0.15) is 0 Å². The Labute approximate surface area is 310 Å². The van der Waals surface area contributed by atoms with E-state index in [-0.39, 0.29) is 0 Å². The van der Waals surface area contributed by atoms with Crippen LogP contribution in [0.2, 0.25) is 0 Å². The third-order valence-electron chi connectivity index (χ3n) is 10.9. The first kappa shape index (κ1) is 31.1. The highest BCUT2D eigenvalue weighted by Gasteiger charge is 2.41. The van der Waals surface area contributed by atoms with Crippen molar-refractivity contribution in [3.63, 3.8) is 0 Å². The molecule has 0 fully saturated rings. The molecule has 0 aliphatic carbocycles. The lowest BCUT2D eigenvalue weighted by Gasteiger charge is -2.34. The van der Waals surface area contributed by atoms with Gasteiger partial charge in [0.1, 0.15) is 0 Å². The highest BCUT2D eigenvalue weighted by molar-refractivity contribution is 7.19. The van der Waals surface area contributed by atoms with Crippen LogP contribution >= 0.6 is 0 Å². The van der Waals surface area contributed by atoms with Crippen molar-refractivity contribution in [3.8, 4) is 22.5 Å². The maximum absolute atomic E-state index is 2.65. The van der Waals surface area contributed by atoms with Crippen molar-refractivity contribution in [3.05, 3.63) is 219 Å². The molecule has 2 aromatic heterocycles. The van der Waals surface area contributed by atoms with Crippen LogP contribution in [0.25, 0.3) is 55.2 Å². The van der Waals surface area contributed by atoms with Gasteiger partial charge in [0, 0.05) is 39.3 Å². The molecule has 0 aliphatic rings. The minimum atomic E-state index is -2.65. The molecule has 53 heavy (non-hydrogen) atoms. The second kappa shape index (κ2) is 12.8. The fourth-order valence-corrected chi connectivity index (χ4v) is 13.4. The van der Waals surface area contributed by atoms with Crippen molar-refractivity contribution in [2.24, 2.45) is 0 Å². The average Bonchev–Trinajstić information content (AvgIpc) is 3.83. The van der Waals surface area contributed by atoms with E-state index in [1.54, 1.807) is 0 Å². The van der Waals surface area contributed by atoms with Crippen LogP contribution in [0, 0.1) is 0 Å². The fourth-order valence-electron chi connectivity index (χ4n) is 8.62. The topological polar surface area (TPSA) is 9.86 Å². The molecule has 3 heteroatoms. The third kappa shape index (κ3) is 4.93. The van der Waals surface area contributed by atoms with E-state index in [0.717, 1.165) is 11.4 Å². The number of hydrogen-bond acceptors (Lipinski definition) is 0. The summed E-state index contributed by atoms with van der Waals surface area (Å²) >= 11 is 0. The van der Waals surface area contributed by atoms with Crippen LogP contribution in [0.5, 0.6) is 0 Å². The van der Waals surface area contributed by atoms with Gasteiger partial charge in [-0.15, -0.1) is 0 Å². The van der Waals surface area contributed by atoms with Crippen LogP contribution < -0.4 is 20.7 Å². The van der Waals surface area contributed by atoms with Crippen molar-refractivity contribution in [2.75, 3.05) is 0 Å². The van der Waals surface area contributed by atoms with Gasteiger partial charge in [-0.05, 0) is 68.8 Å². The van der Waals surface area contributed by atoms with E-state index < -0.39 is 8.07 Å². The lowest BCUT2D eigenvalue weighted by Crippen LogP contribution is -2.74. The first-order valence-electron chi connectivity index (χ1n) is 18.3. The summed E-state index contributed by atoms with van der Waals surface area (Å²) in [7, 11) is -2.65. The Hall–Kier alpha value is -6.68. The van der Waals surface area contributed by atoms with Gasteiger partial charge in [-0.1, -0.05) is 170 Å². The van der Waals surface area contributed by atoms with Crippen LogP contribution in [0.1, 0.15) is 0 Å². The number of fused-ring (bicyclic) bond motifs is 5. The van der Waals surface area contributed by atoms with Crippen LogP contribution in [-0.2, 0) is 0 Å². The molecular formula is C50H36N2Si. The molecule has 0 N–H and O–H groups in total. The van der Waals surface area contributed by atoms with Gasteiger partial charge in [0.05, 0.1) is 16.6 Å². The number of benzene rings is 8. The smallest absolute Gasteiger partial charge is 0.179 e. The molecule has 250 valence electrons.